The van der Waals surface area contributed by atoms with Crippen molar-refractivity contribution in [1.82, 2.24) is 0 Å². The summed E-state index contributed by atoms with van der Waals surface area (Å²) in [6.45, 7) is 0. The summed E-state index contributed by atoms with van der Waals surface area (Å²) in [5.74, 6) is -2.58. The fraction of sp³-hybridized carbons (Fsp3) is 0. The van der Waals surface area contributed by atoms with Crippen molar-refractivity contribution in [3.8, 4) is 0 Å². The van der Waals surface area contributed by atoms with Gasteiger partial charge < -0.3 is 4.42 Å². The molecule has 5 nitrogen and oxygen atoms in total. The number of benzene rings is 4. The maximum Gasteiger partial charge on any atom is 0.237 e. The Labute approximate surface area is 188 Å². The molecule has 0 spiro atoms. The molecule has 0 unspecified atom stereocenters. The van der Waals surface area contributed by atoms with Crippen LogP contribution in [-0.4, -0.2) is 23.1 Å². The number of furan rings is 1. The zero-order valence-electron chi connectivity index (χ0n) is 17.3. The Morgan fingerprint density at radius 1 is 0.485 bits per heavy atom. The van der Waals surface area contributed by atoms with Crippen LogP contribution >= 0.6 is 0 Å². The highest BCUT2D eigenvalue weighted by molar-refractivity contribution is 6.51. The summed E-state index contributed by atoms with van der Waals surface area (Å²) in [6, 6.07) is 26.4. The Hall–Kier alpha value is -4.64. The van der Waals surface area contributed by atoms with Crippen LogP contribution in [0.5, 0.6) is 0 Å². The number of rotatable bonds is 6. The van der Waals surface area contributed by atoms with Crippen LogP contribution in [-0.2, 0) is 0 Å². The maximum atomic E-state index is 12.9. The van der Waals surface area contributed by atoms with E-state index in [1.54, 1.807) is 91.0 Å². The SMILES string of the molecule is O=C(C(=O)c1ccc2c(c1)oc1c(C(=O)C(=O)c3ccccc3)cccc12)c1ccccc1. The van der Waals surface area contributed by atoms with Gasteiger partial charge in [0.1, 0.15) is 11.2 Å². The van der Waals surface area contributed by atoms with Crippen molar-refractivity contribution in [2.24, 2.45) is 0 Å². The minimum atomic E-state index is -0.679. The van der Waals surface area contributed by atoms with Crippen molar-refractivity contribution < 1.29 is 23.6 Å². The van der Waals surface area contributed by atoms with Gasteiger partial charge in [-0.1, -0.05) is 78.9 Å². The lowest BCUT2D eigenvalue weighted by atomic mass is 9.98. The quantitative estimate of drug-likeness (QED) is 0.253. The van der Waals surface area contributed by atoms with E-state index in [-0.39, 0.29) is 16.7 Å². The predicted octanol–water partition coefficient (Wildman–Crippen LogP) is 5.72. The average molecular weight is 432 g/mol. The van der Waals surface area contributed by atoms with E-state index in [4.69, 9.17) is 4.42 Å². The molecule has 0 aliphatic carbocycles. The number of carbonyl (C=O) groups is 4. The lowest BCUT2D eigenvalue weighted by molar-refractivity contribution is 0.0817. The van der Waals surface area contributed by atoms with Gasteiger partial charge in [0.15, 0.2) is 0 Å². The van der Waals surface area contributed by atoms with Gasteiger partial charge in [0.05, 0.1) is 5.56 Å². The fourth-order valence-electron chi connectivity index (χ4n) is 3.81. The van der Waals surface area contributed by atoms with Gasteiger partial charge in [-0.05, 0) is 18.2 Å². The topological polar surface area (TPSA) is 81.4 Å². The minimum Gasteiger partial charge on any atom is -0.455 e. The maximum absolute atomic E-state index is 12.9. The molecule has 5 heteroatoms. The molecule has 0 radical (unpaired) electrons. The highest BCUT2D eigenvalue weighted by atomic mass is 16.3. The molecular weight excluding hydrogens is 416 g/mol. The molecule has 5 rings (SSSR count). The van der Waals surface area contributed by atoms with Gasteiger partial charge >= 0.3 is 0 Å². The van der Waals surface area contributed by atoms with Gasteiger partial charge in [0.25, 0.3) is 0 Å². The fourth-order valence-corrected chi connectivity index (χ4v) is 3.81. The van der Waals surface area contributed by atoms with Crippen LogP contribution in [0.25, 0.3) is 21.9 Å². The number of fused-ring (bicyclic) bond motifs is 3. The van der Waals surface area contributed by atoms with E-state index in [1.165, 1.54) is 6.07 Å². The van der Waals surface area contributed by atoms with Crippen LogP contribution in [0.3, 0.4) is 0 Å². The van der Waals surface area contributed by atoms with Gasteiger partial charge in [-0.15, -0.1) is 0 Å². The molecular formula is C28H16O5. The first-order valence-corrected chi connectivity index (χ1v) is 10.3. The van der Waals surface area contributed by atoms with E-state index < -0.39 is 23.1 Å². The second kappa shape index (κ2) is 8.13. The molecule has 0 aliphatic rings. The van der Waals surface area contributed by atoms with Gasteiger partial charge in [-0.3, -0.25) is 19.2 Å². The standard InChI is InChI=1S/C28H16O5/c29-24(17-8-3-1-4-9-17)26(31)19-14-15-20-21-12-7-13-22(28(21)33-23(20)16-19)27(32)25(30)18-10-5-2-6-11-18/h1-16H. The van der Waals surface area contributed by atoms with Crippen molar-refractivity contribution in [2.75, 3.05) is 0 Å². The average Bonchev–Trinajstić information content (AvgIpc) is 3.26. The van der Waals surface area contributed by atoms with Gasteiger partial charge in [-0.2, -0.15) is 0 Å². The number of para-hydroxylation sites is 1. The van der Waals surface area contributed by atoms with Crippen LogP contribution in [0.2, 0.25) is 0 Å². The Morgan fingerprint density at radius 2 is 1.06 bits per heavy atom. The number of ketones is 4. The van der Waals surface area contributed by atoms with E-state index in [0.717, 1.165) is 0 Å². The molecule has 1 aromatic heterocycles. The van der Waals surface area contributed by atoms with E-state index >= 15 is 0 Å². The molecule has 0 amide bonds. The summed E-state index contributed by atoms with van der Waals surface area (Å²) < 4.78 is 5.93. The number of carbonyl (C=O) groups excluding carboxylic acids is 4. The molecule has 0 saturated heterocycles. The first kappa shape index (κ1) is 20.3. The molecule has 0 fully saturated rings. The summed E-state index contributed by atoms with van der Waals surface area (Å²) >= 11 is 0. The second-order valence-electron chi connectivity index (χ2n) is 7.54. The van der Waals surface area contributed by atoms with Crippen molar-refractivity contribution in [3.63, 3.8) is 0 Å². The number of hydrogen-bond acceptors (Lipinski definition) is 5. The van der Waals surface area contributed by atoms with Crippen LogP contribution in [0.15, 0.2) is 101 Å². The first-order valence-electron chi connectivity index (χ1n) is 10.3. The van der Waals surface area contributed by atoms with E-state index in [1.807, 2.05) is 0 Å². The summed E-state index contributed by atoms with van der Waals surface area (Å²) in [6.07, 6.45) is 0. The molecule has 0 aliphatic heterocycles. The van der Waals surface area contributed by atoms with Crippen LogP contribution in [0.4, 0.5) is 0 Å². The lowest BCUT2D eigenvalue weighted by Gasteiger charge is -2.01. The molecule has 158 valence electrons. The van der Waals surface area contributed by atoms with Crippen LogP contribution in [0, 0.1) is 0 Å². The summed E-state index contributed by atoms with van der Waals surface area (Å²) in [5.41, 5.74) is 1.54. The zero-order valence-corrected chi connectivity index (χ0v) is 17.3. The third kappa shape index (κ3) is 3.55. The van der Waals surface area contributed by atoms with Crippen molar-refractivity contribution in [3.05, 3.63) is 119 Å². The van der Waals surface area contributed by atoms with Crippen LogP contribution < -0.4 is 0 Å². The number of hydrogen-bond donors (Lipinski definition) is 0. The molecule has 4 aromatic carbocycles. The third-order valence-corrected chi connectivity index (χ3v) is 5.49. The molecule has 1 heterocycles. The van der Waals surface area contributed by atoms with E-state index in [9.17, 15) is 19.2 Å². The van der Waals surface area contributed by atoms with E-state index in [0.29, 0.717) is 27.5 Å². The summed E-state index contributed by atoms with van der Waals surface area (Å²) in [4.78, 5) is 50.9. The normalized spacial score (nSPS) is 10.9. The highest BCUT2D eigenvalue weighted by Gasteiger charge is 2.24. The van der Waals surface area contributed by atoms with Gasteiger partial charge in [0.2, 0.25) is 23.1 Å². The van der Waals surface area contributed by atoms with Gasteiger partial charge in [0, 0.05) is 27.5 Å². The zero-order chi connectivity index (χ0) is 22.9. The first-order chi connectivity index (χ1) is 16.0. The van der Waals surface area contributed by atoms with Gasteiger partial charge in [-0.25, -0.2) is 0 Å². The highest BCUT2D eigenvalue weighted by Crippen LogP contribution is 2.32. The predicted molar refractivity (Wildman–Crippen MR) is 124 cm³/mol. The molecule has 5 aromatic rings. The molecule has 33 heavy (non-hydrogen) atoms. The van der Waals surface area contributed by atoms with Crippen LogP contribution in [0.1, 0.15) is 41.4 Å². The summed E-state index contributed by atoms with van der Waals surface area (Å²) in [7, 11) is 0. The summed E-state index contributed by atoms with van der Waals surface area (Å²) in [5, 5.41) is 1.32. The smallest absolute Gasteiger partial charge is 0.237 e. The van der Waals surface area contributed by atoms with E-state index in [2.05, 4.69) is 0 Å². The lowest BCUT2D eigenvalue weighted by Crippen LogP contribution is -2.14. The van der Waals surface area contributed by atoms with Crippen molar-refractivity contribution in [2.45, 2.75) is 0 Å². The Kier molecular flexibility index (Phi) is 4.99. The Morgan fingerprint density at radius 3 is 1.70 bits per heavy atom. The Bertz CT molecular complexity index is 1560. The number of Topliss-reactive ketones (excluding diaryl/α,β-unsaturated/α-hetero) is 4. The monoisotopic (exact) mass is 432 g/mol. The molecule has 0 saturated carbocycles. The Balaban J connectivity index is 1.55. The molecule has 0 atom stereocenters. The van der Waals surface area contributed by atoms with Crippen molar-refractivity contribution in [1.29, 1.82) is 0 Å². The molecule has 0 bridgehead atoms. The second-order valence-corrected chi connectivity index (χ2v) is 7.54. The minimum absolute atomic E-state index is 0.144. The van der Waals surface area contributed by atoms with Crippen molar-refractivity contribution >= 4 is 45.1 Å². The largest absolute Gasteiger partial charge is 0.455 e. The molecule has 0 N–H and O–H groups in total. The third-order valence-electron chi connectivity index (χ3n) is 5.49.